The minimum Gasteiger partial charge on any atom is -0.481 e. The highest BCUT2D eigenvalue weighted by Gasteiger charge is 2.16. The Morgan fingerprint density at radius 1 is 0.788 bits per heavy atom. The molecule has 6 heteroatoms. The fraction of sp³-hybridized carbons (Fsp3) is 0.444. The first-order valence-corrected chi connectivity index (χ1v) is 11.6. The van der Waals surface area contributed by atoms with Gasteiger partial charge < -0.3 is 19.8 Å². The summed E-state index contributed by atoms with van der Waals surface area (Å²) >= 11 is 0. The van der Waals surface area contributed by atoms with Gasteiger partial charge in [-0.1, -0.05) is 43.0 Å². The lowest BCUT2D eigenvalue weighted by atomic mass is 10.1. The van der Waals surface area contributed by atoms with Gasteiger partial charge in [-0.2, -0.15) is 0 Å². The normalized spacial score (nSPS) is 10.7. The predicted octanol–water partition coefficient (Wildman–Crippen LogP) is 5.88. The molecule has 0 aliphatic carbocycles. The SMILES string of the molecule is C=C(CCN(CCCN(CCCC(=O)O)c1c(C)cccc1C)c1c(C)cccc1C)OO. The van der Waals surface area contributed by atoms with Crippen LogP contribution in [0.3, 0.4) is 0 Å². The van der Waals surface area contributed by atoms with E-state index in [4.69, 9.17) is 10.4 Å². The highest BCUT2D eigenvalue weighted by molar-refractivity contribution is 5.67. The van der Waals surface area contributed by atoms with Crippen molar-refractivity contribution >= 4 is 17.3 Å². The molecule has 180 valence electrons. The van der Waals surface area contributed by atoms with E-state index in [1.54, 1.807) is 0 Å². The van der Waals surface area contributed by atoms with Crippen LogP contribution in [0.15, 0.2) is 48.7 Å². The number of nitrogens with zero attached hydrogens (tertiary/aromatic N) is 2. The number of carboxylic acids is 1. The van der Waals surface area contributed by atoms with Gasteiger partial charge in [0, 0.05) is 50.4 Å². The summed E-state index contributed by atoms with van der Waals surface area (Å²) < 4.78 is 0. The minimum atomic E-state index is -0.760. The second-order valence-electron chi connectivity index (χ2n) is 8.69. The molecule has 2 aromatic carbocycles. The highest BCUT2D eigenvalue weighted by atomic mass is 17.1. The number of para-hydroxylation sites is 2. The first-order chi connectivity index (χ1) is 15.7. The van der Waals surface area contributed by atoms with Gasteiger partial charge in [-0.25, -0.2) is 5.26 Å². The van der Waals surface area contributed by atoms with Crippen LogP contribution < -0.4 is 9.80 Å². The highest BCUT2D eigenvalue weighted by Crippen LogP contribution is 2.27. The van der Waals surface area contributed by atoms with E-state index in [-0.39, 0.29) is 6.42 Å². The van der Waals surface area contributed by atoms with E-state index in [0.29, 0.717) is 31.7 Å². The zero-order valence-electron chi connectivity index (χ0n) is 20.4. The van der Waals surface area contributed by atoms with E-state index in [1.165, 1.54) is 33.6 Å². The second kappa shape index (κ2) is 12.9. The molecule has 0 unspecified atom stereocenters. The summed E-state index contributed by atoms with van der Waals surface area (Å²) in [5.74, 6) is -0.416. The third-order valence-corrected chi connectivity index (χ3v) is 5.98. The largest absolute Gasteiger partial charge is 0.481 e. The van der Waals surface area contributed by atoms with Gasteiger partial charge in [-0.15, -0.1) is 0 Å². The Morgan fingerprint density at radius 3 is 1.64 bits per heavy atom. The molecule has 0 aliphatic rings. The first-order valence-electron chi connectivity index (χ1n) is 11.6. The van der Waals surface area contributed by atoms with E-state index in [1.807, 2.05) is 0 Å². The Bertz CT molecular complexity index is 901. The van der Waals surface area contributed by atoms with Gasteiger partial charge in [-0.05, 0) is 62.8 Å². The van der Waals surface area contributed by atoms with Crippen LogP contribution in [-0.2, 0) is 9.68 Å². The van der Waals surface area contributed by atoms with Crippen molar-refractivity contribution in [3.63, 3.8) is 0 Å². The first kappa shape index (κ1) is 26.3. The molecule has 0 aromatic heterocycles. The molecule has 0 heterocycles. The molecule has 0 saturated carbocycles. The van der Waals surface area contributed by atoms with Crippen LogP contribution in [0.25, 0.3) is 0 Å². The maximum Gasteiger partial charge on any atom is 0.303 e. The number of aliphatic carboxylic acids is 1. The van der Waals surface area contributed by atoms with Crippen molar-refractivity contribution in [2.24, 2.45) is 0 Å². The Hall–Kier alpha value is -2.99. The van der Waals surface area contributed by atoms with Crippen molar-refractivity contribution in [2.45, 2.75) is 53.4 Å². The van der Waals surface area contributed by atoms with E-state index in [9.17, 15) is 4.79 Å². The maximum absolute atomic E-state index is 11.1. The van der Waals surface area contributed by atoms with Crippen molar-refractivity contribution in [1.82, 2.24) is 0 Å². The molecule has 0 atom stereocenters. The number of hydrogen-bond acceptors (Lipinski definition) is 5. The third-order valence-electron chi connectivity index (χ3n) is 5.98. The van der Waals surface area contributed by atoms with Gasteiger partial charge in [0.2, 0.25) is 0 Å². The Labute approximate surface area is 198 Å². The molecule has 0 amide bonds. The molecule has 2 aromatic rings. The Morgan fingerprint density at radius 2 is 1.21 bits per heavy atom. The Kier molecular flexibility index (Phi) is 10.3. The van der Waals surface area contributed by atoms with Gasteiger partial charge in [0.1, 0.15) is 5.76 Å². The van der Waals surface area contributed by atoms with Gasteiger partial charge in [0.15, 0.2) is 0 Å². The number of rotatable bonds is 14. The number of aryl methyl sites for hydroxylation is 4. The molecule has 2 N–H and O–H groups in total. The van der Waals surface area contributed by atoms with Crippen LogP contribution in [0.4, 0.5) is 11.4 Å². The van der Waals surface area contributed by atoms with Gasteiger partial charge in [-0.3, -0.25) is 4.79 Å². The van der Waals surface area contributed by atoms with E-state index >= 15 is 0 Å². The van der Waals surface area contributed by atoms with Crippen LogP contribution in [0.5, 0.6) is 0 Å². The Balaban J connectivity index is 2.18. The molecule has 0 bridgehead atoms. The van der Waals surface area contributed by atoms with Crippen molar-refractivity contribution in [1.29, 1.82) is 0 Å². The van der Waals surface area contributed by atoms with Crippen molar-refractivity contribution < 1.29 is 20.0 Å². The fourth-order valence-electron chi connectivity index (χ4n) is 4.46. The van der Waals surface area contributed by atoms with Crippen molar-refractivity contribution in [3.05, 3.63) is 71.0 Å². The molecule has 0 radical (unpaired) electrons. The zero-order chi connectivity index (χ0) is 24.4. The predicted molar refractivity (Wildman–Crippen MR) is 135 cm³/mol. The standard InChI is InChI=1S/C27H38N2O4/c1-20-10-6-11-21(2)26(20)28(16-8-14-25(30)31)17-9-18-29(19-15-24(5)33-32)27-22(3)12-7-13-23(27)4/h6-7,10-13,32H,5,8-9,14-19H2,1-4H3,(H,30,31). The summed E-state index contributed by atoms with van der Waals surface area (Å²) in [6.45, 7) is 15.2. The summed E-state index contributed by atoms with van der Waals surface area (Å²) in [5, 5.41) is 18.0. The summed E-state index contributed by atoms with van der Waals surface area (Å²) in [6, 6.07) is 12.6. The monoisotopic (exact) mass is 454 g/mol. The zero-order valence-corrected chi connectivity index (χ0v) is 20.4. The van der Waals surface area contributed by atoms with E-state index < -0.39 is 5.97 Å². The fourth-order valence-corrected chi connectivity index (χ4v) is 4.46. The van der Waals surface area contributed by atoms with Gasteiger partial charge in [0.05, 0.1) is 0 Å². The molecule has 33 heavy (non-hydrogen) atoms. The number of benzene rings is 2. The van der Waals surface area contributed by atoms with E-state index in [0.717, 1.165) is 19.5 Å². The lowest BCUT2D eigenvalue weighted by Gasteiger charge is -2.32. The smallest absolute Gasteiger partial charge is 0.303 e. The summed E-state index contributed by atoms with van der Waals surface area (Å²) in [5.41, 5.74) is 7.22. The van der Waals surface area contributed by atoms with Crippen LogP contribution in [0, 0.1) is 27.7 Å². The van der Waals surface area contributed by atoms with Crippen molar-refractivity contribution in [2.75, 3.05) is 36.0 Å². The number of carboxylic acid groups (broad SMARTS) is 1. The number of anilines is 2. The van der Waals surface area contributed by atoms with Crippen LogP contribution in [0.2, 0.25) is 0 Å². The average Bonchev–Trinajstić information content (AvgIpc) is 2.75. The quantitative estimate of drug-likeness (QED) is 0.211. The number of hydrogen-bond donors (Lipinski definition) is 2. The lowest BCUT2D eigenvalue weighted by molar-refractivity contribution is -0.204. The maximum atomic E-state index is 11.1. The second-order valence-corrected chi connectivity index (χ2v) is 8.69. The average molecular weight is 455 g/mol. The molecule has 0 fully saturated rings. The molecule has 0 spiro atoms. The molecule has 0 saturated heterocycles. The summed E-state index contributed by atoms with van der Waals surface area (Å²) in [6.07, 6.45) is 2.21. The topological polar surface area (TPSA) is 73.2 Å². The van der Waals surface area contributed by atoms with Gasteiger partial charge in [0.25, 0.3) is 0 Å². The molecule has 0 aliphatic heterocycles. The number of carbonyl (C=O) groups is 1. The van der Waals surface area contributed by atoms with Crippen LogP contribution >= 0.6 is 0 Å². The van der Waals surface area contributed by atoms with Crippen LogP contribution in [-0.4, -0.2) is 42.5 Å². The molecule has 2 rings (SSSR count). The lowest BCUT2D eigenvalue weighted by Crippen LogP contribution is -2.33. The molecular formula is C27H38N2O4. The molecular weight excluding hydrogens is 416 g/mol. The molecule has 6 nitrogen and oxygen atoms in total. The van der Waals surface area contributed by atoms with Gasteiger partial charge >= 0.3 is 5.97 Å². The summed E-state index contributed by atoms with van der Waals surface area (Å²) in [7, 11) is 0. The van der Waals surface area contributed by atoms with E-state index in [2.05, 4.69) is 85.4 Å². The van der Waals surface area contributed by atoms with Crippen LogP contribution in [0.1, 0.15) is 47.9 Å². The van der Waals surface area contributed by atoms with Crippen molar-refractivity contribution in [3.8, 4) is 0 Å². The third kappa shape index (κ3) is 7.82. The minimum absolute atomic E-state index is 0.166. The summed E-state index contributed by atoms with van der Waals surface area (Å²) in [4.78, 5) is 20.0.